The third-order valence-electron chi connectivity index (χ3n) is 3.74. The van der Waals surface area contributed by atoms with Gasteiger partial charge in [0.15, 0.2) is 0 Å². The third kappa shape index (κ3) is 3.41. The molecule has 0 aliphatic carbocycles. The van der Waals surface area contributed by atoms with E-state index in [1.54, 1.807) is 22.9 Å². The van der Waals surface area contributed by atoms with Crippen LogP contribution in [0.5, 0.6) is 0 Å². The summed E-state index contributed by atoms with van der Waals surface area (Å²) in [4.78, 5) is 24.1. The minimum atomic E-state index is -0.160. The van der Waals surface area contributed by atoms with E-state index in [9.17, 15) is 9.59 Å². The first kappa shape index (κ1) is 15.3. The van der Waals surface area contributed by atoms with E-state index in [1.165, 1.54) is 0 Å². The number of fused-ring (bicyclic) bond motifs is 1. The van der Waals surface area contributed by atoms with E-state index < -0.39 is 0 Å². The maximum Gasteiger partial charge on any atom is 0.271 e. The fourth-order valence-electron chi connectivity index (χ4n) is 2.71. The Morgan fingerprint density at radius 3 is 2.61 bits per heavy atom. The van der Waals surface area contributed by atoms with E-state index >= 15 is 0 Å². The second-order valence-electron chi connectivity index (χ2n) is 6.07. The first-order chi connectivity index (χ1) is 11.0. The summed E-state index contributed by atoms with van der Waals surface area (Å²) in [6.45, 7) is 4.41. The minimum Gasteiger partial charge on any atom is -0.348 e. The van der Waals surface area contributed by atoms with E-state index in [2.05, 4.69) is 15.7 Å². The quantitative estimate of drug-likeness (QED) is 0.895. The SMILES string of the molecule is CC(C)NC(=O)c1cc2n(n1)C[C@@H](NC(=O)c1ccccc1)C2. The number of carbonyl (C=O) groups excluding carboxylic acids is 2. The van der Waals surface area contributed by atoms with E-state index in [1.807, 2.05) is 32.0 Å². The van der Waals surface area contributed by atoms with Crippen LogP contribution in [0, 0.1) is 0 Å². The lowest BCUT2D eigenvalue weighted by Gasteiger charge is -2.12. The molecule has 0 fully saturated rings. The van der Waals surface area contributed by atoms with Crippen molar-refractivity contribution in [1.29, 1.82) is 0 Å². The van der Waals surface area contributed by atoms with Gasteiger partial charge in [0.2, 0.25) is 0 Å². The van der Waals surface area contributed by atoms with Crippen molar-refractivity contribution in [1.82, 2.24) is 20.4 Å². The van der Waals surface area contributed by atoms with Crippen molar-refractivity contribution in [2.24, 2.45) is 0 Å². The molecular weight excluding hydrogens is 292 g/mol. The molecule has 0 saturated heterocycles. The van der Waals surface area contributed by atoms with Gasteiger partial charge in [-0.3, -0.25) is 14.3 Å². The molecule has 1 atom stereocenters. The summed E-state index contributed by atoms with van der Waals surface area (Å²) >= 11 is 0. The molecular formula is C17H20N4O2. The molecule has 2 amide bonds. The van der Waals surface area contributed by atoms with Crippen molar-refractivity contribution in [2.75, 3.05) is 0 Å². The van der Waals surface area contributed by atoms with Crippen LogP contribution in [0.2, 0.25) is 0 Å². The zero-order valence-electron chi connectivity index (χ0n) is 13.2. The van der Waals surface area contributed by atoms with Gasteiger partial charge in [-0.25, -0.2) is 0 Å². The van der Waals surface area contributed by atoms with E-state index in [4.69, 9.17) is 0 Å². The summed E-state index contributed by atoms with van der Waals surface area (Å²) in [5, 5.41) is 10.2. The molecule has 6 nitrogen and oxygen atoms in total. The second kappa shape index (κ2) is 6.24. The number of aromatic nitrogens is 2. The zero-order valence-corrected chi connectivity index (χ0v) is 13.2. The molecule has 3 rings (SSSR count). The summed E-state index contributed by atoms with van der Waals surface area (Å²) in [5.74, 6) is -0.245. The Kier molecular flexibility index (Phi) is 4.14. The van der Waals surface area contributed by atoms with Crippen LogP contribution >= 0.6 is 0 Å². The summed E-state index contributed by atoms with van der Waals surface area (Å²) in [6.07, 6.45) is 0.681. The maximum atomic E-state index is 12.2. The topological polar surface area (TPSA) is 76.0 Å². The van der Waals surface area contributed by atoms with Gasteiger partial charge in [-0.1, -0.05) is 18.2 Å². The highest BCUT2D eigenvalue weighted by Crippen LogP contribution is 2.16. The number of hydrogen-bond donors (Lipinski definition) is 2. The molecule has 1 aliphatic rings. The van der Waals surface area contributed by atoms with E-state index in [-0.39, 0.29) is 23.9 Å². The summed E-state index contributed by atoms with van der Waals surface area (Å²) in [7, 11) is 0. The van der Waals surface area contributed by atoms with Crippen LogP contribution in [0.1, 0.15) is 40.4 Å². The molecule has 0 saturated carbocycles. The molecule has 0 unspecified atom stereocenters. The number of benzene rings is 1. The van der Waals surface area contributed by atoms with Crippen molar-refractivity contribution in [3.8, 4) is 0 Å². The van der Waals surface area contributed by atoms with Crippen LogP contribution in [-0.4, -0.2) is 33.7 Å². The number of nitrogens with one attached hydrogen (secondary N) is 2. The lowest BCUT2D eigenvalue weighted by molar-refractivity contribution is 0.0924. The predicted molar refractivity (Wildman–Crippen MR) is 86.2 cm³/mol. The smallest absolute Gasteiger partial charge is 0.271 e. The van der Waals surface area contributed by atoms with E-state index in [0.717, 1.165) is 5.69 Å². The molecule has 2 aromatic rings. The normalized spacial score (nSPS) is 16.2. The van der Waals surface area contributed by atoms with Crippen LogP contribution in [-0.2, 0) is 13.0 Å². The molecule has 2 heterocycles. The van der Waals surface area contributed by atoms with Gasteiger partial charge >= 0.3 is 0 Å². The zero-order chi connectivity index (χ0) is 16.4. The van der Waals surface area contributed by atoms with Crippen molar-refractivity contribution >= 4 is 11.8 Å². The average Bonchev–Trinajstić information content (AvgIpc) is 3.05. The van der Waals surface area contributed by atoms with Gasteiger partial charge < -0.3 is 10.6 Å². The van der Waals surface area contributed by atoms with Gasteiger partial charge in [0, 0.05) is 23.7 Å². The molecule has 0 bridgehead atoms. The maximum absolute atomic E-state index is 12.2. The Labute approximate surface area is 134 Å². The van der Waals surface area contributed by atoms with Gasteiger partial charge in [0.05, 0.1) is 12.6 Å². The predicted octanol–water partition coefficient (Wildman–Crippen LogP) is 1.38. The Hall–Kier alpha value is -2.63. The monoisotopic (exact) mass is 312 g/mol. The largest absolute Gasteiger partial charge is 0.348 e. The Balaban J connectivity index is 1.61. The summed E-state index contributed by atoms with van der Waals surface area (Å²) in [6, 6.07) is 11.0. The number of rotatable bonds is 4. The van der Waals surface area contributed by atoms with Crippen LogP contribution in [0.25, 0.3) is 0 Å². The Bertz CT molecular complexity index is 698. The van der Waals surface area contributed by atoms with Crippen molar-refractivity contribution < 1.29 is 9.59 Å². The fraction of sp³-hybridized carbons (Fsp3) is 0.353. The first-order valence-corrected chi connectivity index (χ1v) is 7.76. The standard InChI is InChI=1S/C17H20N4O2/c1-11(2)18-17(23)15-9-14-8-13(10-21(14)20-15)19-16(22)12-6-4-3-5-7-12/h3-7,9,11,13H,8,10H2,1-2H3,(H,18,23)(H,19,22)/t13-/m0/s1. The molecule has 23 heavy (non-hydrogen) atoms. The van der Waals surface area contributed by atoms with Crippen LogP contribution in [0.3, 0.4) is 0 Å². The first-order valence-electron chi connectivity index (χ1n) is 7.76. The van der Waals surface area contributed by atoms with Gasteiger partial charge in [-0.2, -0.15) is 5.10 Å². The molecule has 0 radical (unpaired) electrons. The Morgan fingerprint density at radius 2 is 1.96 bits per heavy atom. The lowest BCUT2D eigenvalue weighted by Crippen LogP contribution is -2.36. The number of amides is 2. The average molecular weight is 312 g/mol. The van der Waals surface area contributed by atoms with Gasteiger partial charge in [0.25, 0.3) is 11.8 Å². The molecule has 2 N–H and O–H groups in total. The summed E-state index contributed by atoms with van der Waals surface area (Å²) < 4.78 is 1.80. The number of hydrogen-bond acceptors (Lipinski definition) is 3. The number of nitrogens with zero attached hydrogens (tertiary/aromatic N) is 2. The Morgan fingerprint density at radius 1 is 1.22 bits per heavy atom. The lowest BCUT2D eigenvalue weighted by atomic mass is 10.1. The van der Waals surface area contributed by atoms with Crippen LogP contribution in [0.4, 0.5) is 0 Å². The van der Waals surface area contributed by atoms with Gasteiger partial charge in [-0.05, 0) is 32.0 Å². The molecule has 0 spiro atoms. The third-order valence-corrected chi connectivity index (χ3v) is 3.74. The molecule has 1 aromatic heterocycles. The van der Waals surface area contributed by atoms with Gasteiger partial charge in [-0.15, -0.1) is 0 Å². The van der Waals surface area contributed by atoms with Crippen LogP contribution in [0.15, 0.2) is 36.4 Å². The van der Waals surface area contributed by atoms with E-state index in [0.29, 0.717) is 24.2 Å². The van der Waals surface area contributed by atoms with Crippen molar-refractivity contribution in [2.45, 2.75) is 38.9 Å². The molecule has 6 heteroatoms. The van der Waals surface area contributed by atoms with Gasteiger partial charge in [0.1, 0.15) is 5.69 Å². The van der Waals surface area contributed by atoms with Crippen molar-refractivity contribution in [3.05, 3.63) is 53.3 Å². The molecule has 1 aliphatic heterocycles. The highest BCUT2D eigenvalue weighted by molar-refractivity contribution is 5.94. The highest BCUT2D eigenvalue weighted by Gasteiger charge is 2.26. The van der Waals surface area contributed by atoms with Crippen LogP contribution < -0.4 is 10.6 Å². The van der Waals surface area contributed by atoms with Crippen molar-refractivity contribution in [3.63, 3.8) is 0 Å². The number of carbonyl (C=O) groups is 2. The molecule has 120 valence electrons. The molecule has 1 aromatic carbocycles. The highest BCUT2D eigenvalue weighted by atomic mass is 16.2. The second-order valence-corrected chi connectivity index (χ2v) is 6.07. The summed E-state index contributed by atoms with van der Waals surface area (Å²) in [5.41, 5.74) is 2.05. The minimum absolute atomic E-state index is 0.00687. The fourth-order valence-corrected chi connectivity index (χ4v) is 2.71.